The summed E-state index contributed by atoms with van der Waals surface area (Å²) in [4.78, 5) is 12.0. The maximum atomic E-state index is 12.0. The lowest BCUT2D eigenvalue weighted by molar-refractivity contribution is -0.118. The van der Waals surface area contributed by atoms with Crippen LogP contribution in [0.25, 0.3) is 0 Å². The van der Waals surface area contributed by atoms with Crippen LogP contribution in [0.2, 0.25) is 0 Å². The largest absolute Gasteiger partial charge is 0.299 e. The topological polar surface area (TPSA) is 17.1 Å². The van der Waals surface area contributed by atoms with E-state index in [1.54, 1.807) is 0 Å². The number of carbonyl (C=O) groups excluding carboxylic acids is 1. The van der Waals surface area contributed by atoms with Crippen LogP contribution < -0.4 is 0 Å². The first-order valence-electron chi connectivity index (χ1n) is 5.34. The number of rotatable bonds is 3. The Morgan fingerprint density at radius 1 is 1.00 bits per heavy atom. The maximum absolute atomic E-state index is 12.0. The van der Waals surface area contributed by atoms with Crippen molar-refractivity contribution in [3.05, 3.63) is 63.2 Å². The summed E-state index contributed by atoms with van der Waals surface area (Å²) in [6, 6.07) is 0. The summed E-state index contributed by atoms with van der Waals surface area (Å²) < 4.78 is 0. The van der Waals surface area contributed by atoms with E-state index >= 15 is 0 Å². The Morgan fingerprint density at radius 2 is 1.60 bits per heavy atom. The summed E-state index contributed by atoms with van der Waals surface area (Å²) in [5.41, 5.74) is 0. The van der Waals surface area contributed by atoms with Gasteiger partial charge in [-0.05, 0) is 69.6 Å². The van der Waals surface area contributed by atoms with Crippen molar-refractivity contribution in [1.82, 2.24) is 0 Å². The average molecular weight is 196 g/mol. The number of Topliss-reactive ketones (excluding diaryl/α,β-unsaturated/α-hetero) is 1. The molecule has 1 nitrogen and oxygen atoms in total. The Bertz CT molecular complexity index is 246. The standard InChI is InChI=1S/C14H12O/c15-14(11-7-3-4-8-11)13-9-12(13)10-5-1-2-6-10/h1-8,12-13H,9H2. The third-order valence-electron chi connectivity index (χ3n) is 3.19. The quantitative estimate of drug-likeness (QED) is 0.674. The van der Waals surface area contributed by atoms with E-state index in [2.05, 4.69) is 12.8 Å². The molecule has 0 aromatic carbocycles. The van der Waals surface area contributed by atoms with Gasteiger partial charge in [0.05, 0.1) is 0 Å². The van der Waals surface area contributed by atoms with Gasteiger partial charge in [0.25, 0.3) is 0 Å². The minimum atomic E-state index is 0.231. The normalized spacial score (nSPS) is 37.3. The average Bonchev–Trinajstić information content (AvgIpc) is 2.78. The molecule has 0 amide bonds. The molecule has 0 aromatic heterocycles. The molecule has 0 saturated heterocycles. The first kappa shape index (κ1) is 9.86. The summed E-state index contributed by atoms with van der Waals surface area (Å²) in [6.07, 6.45) is 17.0. The predicted molar refractivity (Wildman–Crippen MR) is 57.5 cm³/mol. The number of ketones is 1. The zero-order valence-corrected chi connectivity index (χ0v) is 8.39. The van der Waals surface area contributed by atoms with Crippen LogP contribution in [0.4, 0.5) is 0 Å². The fourth-order valence-electron chi connectivity index (χ4n) is 2.24. The van der Waals surface area contributed by atoms with E-state index < -0.39 is 0 Å². The summed E-state index contributed by atoms with van der Waals surface area (Å²) in [7, 11) is 0. The van der Waals surface area contributed by atoms with Crippen molar-refractivity contribution in [2.24, 2.45) is 11.8 Å². The molecule has 1 heteroatoms. The van der Waals surface area contributed by atoms with Gasteiger partial charge in [0.1, 0.15) is 5.78 Å². The zero-order valence-electron chi connectivity index (χ0n) is 8.39. The van der Waals surface area contributed by atoms with Crippen LogP contribution >= 0.6 is 0 Å². The molecule has 3 aliphatic carbocycles. The molecular formula is C14H12O. The highest BCUT2D eigenvalue weighted by molar-refractivity contribution is 6.01. The molecule has 3 aliphatic rings. The van der Waals surface area contributed by atoms with Gasteiger partial charge in [-0.25, -0.2) is 0 Å². The van der Waals surface area contributed by atoms with Gasteiger partial charge in [-0.3, -0.25) is 4.79 Å². The molecule has 74 valence electrons. The minimum absolute atomic E-state index is 0.231. The van der Waals surface area contributed by atoms with E-state index in [0.717, 1.165) is 12.3 Å². The van der Waals surface area contributed by atoms with Crippen molar-refractivity contribution >= 4 is 5.78 Å². The van der Waals surface area contributed by atoms with Crippen LogP contribution in [0.3, 0.4) is 0 Å². The van der Waals surface area contributed by atoms with Crippen molar-refractivity contribution < 1.29 is 4.79 Å². The van der Waals surface area contributed by atoms with Crippen LogP contribution in [0.1, 0.15) is 6.42 Å². The van der Waals surface area contributed by atoms with Crippen molar-refractivity contribution in [3.63, 3.8) is 0 Å². The summed E-state index contributed by atoms with van der Waals surface area (Å²) >= 11 is 0. The molecule has 0 N–H and O–H groups in total. The van der Waals surface area contributed by atoms with Gasteiger partial charge in [0.2, 0.25) is 0 Å². The third kappa shape index (κ3) is 1.86. The van der Waals surface area contributed by atoms with Crippen LogP contribution in [0, 0.1) is 75.0 Å². The van der Waals surface area contributed by atoms with Crippen LogP contribution in [-0.2, 0) is 4.79 Å². The number of hydrogen-bond donors (Lipinski definition) is 0. The molecule has 3 rings (SSSR count). The Morgan fingerprint density at radius 3 is 2.27 bits per heavy atom. The molecule has 2 unspecified atom stereocenters. The van der Waals surface area contributed by atoms with Gasteiger partial charge in [-0.1, -0.05) is 0 Å². The molecule has 2 atom stereocenters. The monoisotopic (exact) mass is 196 g/mol. The Hall–Kier alpha value is -0.330. The Kier molecular flexibility index (Phi) is 2.58. The van der Waals surface area contributed by atoms with Crippen molar-refractivity contribution in [2.45, 2.75) is 6.42 Å². The van der Waals surface area contributed by atoms with E-state index in [-0.39, 0.29) is 5.92 Å². The highest BCUT2D eigenvalue weighted by Crippen LogP contribution is 2.52. The van der Waals surface area contributed by atoms with E-state index in [0.29, 0.717) is 11.7 Å². The lowest BCUT2D eigenvalue weighted by atomic mass is 9.94. The Balaban J connectivity index is 1.54. The molecular weight excluding hydrogens is 184 g/mol. The van der Waals surface area contributed by atoms with Crippen LogP contribution in [-0.4, -0.2) is 5.78 Å². The fourth-order valence-corrected chi connectivity index (χ4v) is 2.24. The van der Waals surface area contributed by atoms with E-state index in [9.17, 15) is 4.79 Å². The first-order valence-corrected chi connectivity index (χ1v) is 5.34. The molecule has 10 radical (unpaired) electrons. The summed E-state index contributed by atoms with van der Waals surface area (Å²) in [5, 5.41) is 0. The van der Waals surface area contributed by atoms with Crippen molar-refractivity contribution in [3.8, 4) is 0 Å². The van der Waals surface area contributed by atoms with E-state index in [1.807, 2.05) is 38.5 Å². The zero-order chi connectivity index (χ0) is 10.3. The minimum Gasteiger partial charge on any atom is -0.299 e. The van der Waals surface area contributed by atoms with Crippen molar-refractivity contribution in [1.29, 1.82) is 0 Å². The molecule has 3 fully saturated rings. The highest BCUT2D eigenvalue weighted by Gasteiger charge is 2.50. The van der Waals surface area contributed by atoms with Gasteiger partial charge in [-0.15, -0.1) is 0 Å². The van der Waals surface area contributed by atoms with E-state index in [1.165, 1.54) is 5.92 Å². The van der Waals surface area contributed by atoms with Crippen LogP contribution in [0.5, 0.6) is 0 Å². The smallest absolute Gasteiger partial charge is 0.144 e. The molecule has 0 aliphatic heterocycles. The fraction of sp³-hybridized carbons (Fsp3) is 0.214. The van der Waals surface area contributed by atoms with Crippen molar-refractivity contribution in [2.75, 3.05) is 0 Å². The maximum Gasteiger partial charge on any atom is 0.144 e. The molecule has 0 heterocycles. The lowest BCUT2D eigenvalue weighted by Gasteiger charge is -2.08. The highest BCUT2D eigenvalue weighted by atomic mass is 16.1. The van der Waals surface area contributed by atoms with Crippen LogP contribution in [0.15, 0.2) is 0 Å². The molecule has 0 bridgehead atoms. The molecule has 0 spiro atoms. The summed E-state index contributed by atoms with van der Waals surface area (Å²) in [6.45, 7) is 0. The Labute approximate surface area is 92.6 Å². The first-order chi connectivity index (χ1) is 7.36. The molecule has 15 heavy (non-hydrogen) atoms. The summed E-state index contributed by atoms with van der Waals surface area (Å²) in [5.74, 6) is 3.21. The number of carbonyl (C=O) groups is 1. The van der Waals surface area contributed by atoms with Gasteiger partial charge in [0, 0.05) is 11.8 Å². The van der Waals surface area contributed by atoms with Gasteiger partial charge < -0.3 is 0 Å². The van der Waals surface area contributed by atoms with Gasteiger partial charge in [0.15, 0.2) is 0 Å². The van der Waals surface area contributed by atoms with Gasteiger partial charge >= 0.3 is 0 Å². The lowest BCUT2D eigenvalue weighted by Crippen LogP contribution is -2.14. The van der Waals surface area contributed by atoms with E-state index in [4.69, 9.17) is 0 Å². The molecule has 3 saturated carbocycles. The SMILES string of the molecule is O=C([C]1[CH][CH][CH][CH]1)C1CC1[C]1[CH][CH][CH][CH]1. The predicted octanol–water partition coefficient (Wildman–Crippen LogP) is 2.00. The molecule has 0 aromatic rings. The number of hydrogen-bond acceptors (Lipinski definition) is 1. The second kappa shape index (κ2) is 3.92. The van der Waals surface area contributed by atoms with Gasteiger partial charge in [-0.2, -0.15) is 0 Å². The third-order valence-corrected chi connectivity index (χ3v) is 3.19. The second-order valence-corrected chi connectivity index (χ2v) is 4.20. The second-order valence-electron chi connectivity index (χ2n) is 4.20.